The fourth-order valence-corrected chi connectivity index (χ4v) is 3.06. The van der Waals surface area contributed by atoms with E-state index in [1.54, 1.807) is 0 Å². The molecule has 0 spiro atoms. The summed E-state index contributed by atoms with van der Waals surface area (Å²) in [7, 11) is 6.17. The van der Waals surface area contributed by atoms with Crippen LogP contribution in [0.15, 0.2) is 18.2 Å². The Bertz CT molecular complexity index is 854. The molecule has 0 atom stereocenters. The normalized spacial score (nSPS) is 11.2. The summed E-state index contributed by atoms with van der Waals surface area (Å²) in [5.74, 6) is 0. The molecule has 0 bridgehead atoms. The van der Waals surface area contributed by atoms with Crippen molar-refractivity contribution in [3.63, 3.8) is 0 Å². The topological polar surface area (TPSA) is 46.0 Å². The maximum absolute atomic E-state index is 4.81. The van der Waals surface area contributed by atoms with E-state index < -0.39 is 0 Å². The predicted molar refractivity (Wildman–Crippen MR) is 104 cm³/mol. The molecule has 0 aliphatic heterocycles. The molecule has 0 aliphatic rings. The molecule has 1 N–H and O–H groups in total. The van der Waals surface area contributed by atoms with Gasteiger partial charge in [-0.2, -0.15) is 5.10 Å². The molecule has 130 valence electrons. The van der Waals surface area contributed by atoms with Crippen LogP contribution in [0.4, 0.5) is 5.69 Å². The molecule has 0 unspecified atom stereocenters. The first kappa shape index (κ1) is 18.5. The maximum atomic E-state index is 4.81. The summed E-state index contributed by atoms with van der Waals surface area (Å²) in [5, 5.41) is 10.5. The van der Waals surface area contributed by atoms with Crippen molar-refractivity contribution in [1.29, 1.82) is 0 Å². The molecular formula is C18H26ClN5. The second-order valence-corrected chi connectivity index (χ2v) is 6.50. The van der Waals surface area contributed by atoms with E-state index in [2.05, 4.69) is 61.5 Å². The van der Waals surface area contributed by atoms with Crippen LogP contribution < -0.4 is 5.32 Å². The zero-order valence-electron chi connectivity index (χ0n) is 15.1. The van der Waals surface area contributed by atoms with Crippen molar-refractivity contribution < 1.29 is 0 Å². The molecule has 0 radical (unpaired) electrons. The summed E-state index contributed by atoms with van der Waals surface area (Å²) in [5.41, 5.74) is 5.39. The number of benzene rings is 1. The van der Waals surface area contributed by atoms with Gasteiger partial charge in [0.2, 0.25) is 0 Å². The van der Waals surface area contributed by atoms with Crippen molar-refractivity contribution >= 4 is 40.0 Å². The third-order valence-corrected chi connectivity index (χ3v) is 4.17. The highest BCUT2D eigenvalue weighted by Gasteiger charge is 2.15. The summed E-state index contributed by atoms with van der Waals surface area (Å²) >= 11 is 0. The van der Waals surface area contributed by atoms with Gasteiger partial charge in [-0.25, -0.2) is 4.98 Å². The molecule has 0 amide bonds. The third-order valence-electron chi connectivity index (χ3n) is 4.17. The van der Waals surface area contributed by atoms with Gasteiger partial charge < -0.3 is 10.2 Å². The summed E-state index contributed by atoms with van der Waals surface area (Å²) in [6.07, 6.45) is 1.10. The minimum Gasteiger partial charge on any atom is -0.384 e. The number of fused-ring (bicyclic) bond motifs is 2. The largest absolute Gasteiger partial charge is 0.384 e. The number of aromatic nitrogens is 3. The molecule has 2 aromatic heterocycles. The number of hydrogen-bond donors (Lipinski definition) is 1. The van der Waals surface area contributed by atoms with Crippen molar-refractivity contribution in [3.05, 3.63) is 29.5 Å². The Morgan fingerprint density at radius 1 is 1.21 bits per heavy atom. The lowest BCUT2D eigenvalue weighted by Gasteiger charge is -2.14. The molecule has 2 heterocycles. The average Bonchev–Trinajstić information content (AvgIpc) is 2.77. The first-order chi connectivity index (χ1) is 11.0. The highest BCUT2D eigenvalue weighted by Crippen LogP contribution is 2.33. The van der Waals surface area contributed by atoms with Crippen LogP contribution in [0.3, 0.4) is 0 Å². The van der Waals surface area contributed by atoms with Crippen LogP contribution in [0, 0.1) is 13.8 Å². The summed E-state index contributed by atoms with van der Waals surface area (Å²) in [6, 6.07) is 6.42. The van der Waals surface area contributed by atoms with Gasteiger partial charge in [0, 0.05) is 19.0 Å². The van der Waals surface area contributed by atoms with E-state index in [-0.39, 0.29) is 12.4 Å². The second-order valence-electron chi connectivity index (χ2n) is 6.50. The summed E-state index contributed by atoms with van der Waals surface area (Å²) < 4.78 is 1.87. The Morgan fingerprint density at radius 2 is 1.96 bits per heavy atom. The smallest absolute Gasteiger partial charge is 0.160 e. The quantitative estimate of drug-likeness (QED) is 0.717. The molecule has 5 nitrogen and oxygen atoms in total. The van der Waals surface area contributed by atoms with Crippen LogP contribution in [-0.4, -0.2) is 46.8 Å². The van der Waals surface area contributed by atoms with Gasteiger partial charge in [0.1, 0.15) is 0 Å². The lowest BCUT2D eigenvalue weighted by Crippen LogP contribution is -2.16. The minimum absolute atomic E-state index is 0. The highest BCUT2D eigenvalue weighted by molar-refractivity contribution is 6.07. The number of nitrogens with zero attached hydrogens (tertiary/aromatic N) is 4. The monoisotopic (exact) mass is 347 g/mol. The van der Waals surface area contributed by atoms with Gasteiger partial charge in [-0.05, 0) is 53.0 Å². The zero-order chi connectivity index (χ0) is 16.6. The standard InChI is InChI=1S/C18H25N5.ClH/c1-12-7-8-15-14(11-12)17(19-9-6-10-22(3)4)16-13(2)21-23(5)18(16)20-15;/h7-8,11H,6,9-10H2,1-5H3,(H,19,20);1H. The van der Waals surface area contributed by atoms with Crippen molar-refractivity contribution in [2.24, 2.45) is 7.05 Å². The van der Waals surface area contributed by atoms with Crippen LogP contribution in [0.1, 0.15) is 17.7 Å². The molecule has 1 aromatic carbocycles. The van der Waals surface area contributed by atoms with Crippen LogP contribution >= 0.6 is 12.4 Å². The second kappa shape index (κ2) is 7.36. The first-order valence-corrected chi connectivity index (χ1v) is 8.09. The molecule has 0 fully saturated rings. The van der Waals surface area contributed by atoms with E-state index >= 15 is 0 Å². The van der Waals surface area contributed by atoms with Gasteiger partial charge in [0.15, 0.2) is 5.65 Å². The molecule has 6 heteroatoms. The van der Waals surface area contributed by atoms with Crippen molar-refractivity contribution in [2.75, 3.05) is 32.5 Å². The van der Waals surface area contributed by atoms with E-state index in [0.717, 1.165) is 47.4 Å². The first-order valence-electron chi connectivity index (χ1n) is 8.09. The van der Waals surface area contributed by atoms with Gasteiger partial charge in [-0.1, -0.05) is 11.6 Å². The Labute approximate surface area is 149 Å². The van der Waals surface area contributed by atoms with Crippen LogP contribution in [0.5, 0.6) is 0 Å². The van der Waals surface area contributed by atoms with E-state index in [0.29, 0.717) is 0 Å². The fourth-order valence-electron chi connectivity index (χ4n) is 3.06. The van der Waals surface area contributed by atoms with E-state index in [1.807, 2.05) is 11.7 Å². The van der Waals surface area contributed by atoms with E-state index in [4.69, 9.17) is 4.98 Å². The van der Waals surface area contributed by atoms with Gasteiger partial charge in [0.05, 0.1) is 22.3 Å². The molecule has 0 aliphatic carbocycles. The molecular weight excluding hydrogens is 322 g/mol. The molecule has 3 rings (SSSR count). The van der Waals surface area contributed by atoms with Crippen LogP contribution in [0.2, 0.25) is 0 Å². The van der Waals surface area contributed by atoms with Crippen molar-refractivity contribution in [1.82, 2.24) is 19.7 Å². The molecule has 24 heavy (non-hydrogen) atoms. The van der Waals surface area contributed by atoms with Gasteiger partial charge in [-0.3, -0.25) is 4.68 Å². The van der Waals surface area contributed by atoms with Gasteiger partial charge in [-0.15, -0.1) is 12.4 Å². The highest BCUT2D eigenvalue weighted by atomic mass is 35.5. The van der Waals surface area contributed by atoms with Gasteiger partial charge in [0.25, 0.3) is 0 Å². The number of anilines is 1. The van der Waals surface area contributed by atoms with Crippen LogP contribution in [-0.2, 0) is 7.05 Å². The lowest BCUT2D eigenvalue weighted by atomic mass is 10.1. The Morgan fingerprint density at radius 3 is 2.67 bits per heavy atom. The Balaban J connectivity index is 0.00000208. The minimum atomic E-state index is 0. The number of pyridine rings is 1. The zero-order valence-corrected chi connectivity index (χ0v) is 15.9. The molecule has 0 saturated carbocycles. The third kappa shape index (κ3) is 3.47. The number of aryl methyl sites for hydroxylation is 3. The summed E-state index contributed by atoms with van der Waals surface area (Å²) in [4.78, 5) is 7.02. The number of rotatable bonds is 5. The van der Waals surface area contributed by atoms with Crippen molar-refractivity contribution in [3.8, 4) is 0 Å². The Hall–Kier alpha value is -1.85. The maximum Gasteiger partial charge on any atom is 0.160 e. The molecule has 0 saturated heterocycles. The summed E-state index contributed by atoms with van der Waals surface area (Å²) in [6.45, 7) is 6.19. The molecule has 3 aromatic rings. The predicted octanol–water partition coefficient (Wildman–Crippen LogP) is 3.52. The number of nitrogens with one attached hydrogen (secondary N) is 1. The SMILES string of the molecule is Cc1ccc2nc3c(c(C)nn3C)c(NCCCN(C)C)c2c1.Cl. The van der Waals surface area contributed by atoms with Gasteiger partial charge >= 0.3 is 0 Å². The van der Waals surface area contributed by atoms with Crippen LogP contribution in [0.25, 0.3) is 21.9 Å². The van der Waals surface area contributed by atoms with Crippen molar-refractivity contribution in [2.45, 2.75) is 20.3 Å². The van der Waals surface area contributed by atoms with E-state index in [9.17, 15) is 0 Å². The Kier molecular flexibility index (Phi) is 5.67. The number of hydrogen-bond acceptors (Lipinski definition) is 4. The number of halogens is 1. The van der Waals surface area contributed by atoms with E-state index in [1.165, 1.54) is 10.9 Å². The lowest BCUT2D eigenvalue weighted by molar-refractivity contribution is 0.405. The average molecular weight is 348 g/mol. The fraction of sp³-hybridized carbons (Fsp3) is 0.444.